The highest BCUT2D eigenvalue weighted by Gasteiger charge is 2.19. The van der Waals surface area contributed by atoms with E-state index < -0.39 is 8.07 Å². The third-order valence-electron chi connectivity index (χ3n) is 3.00. The van der Waals surface area contributed by atoms with Crippen LogP contribution in [0.1, 0.15) is 13.8 Å². The van der Waals surface area contributed by atoms with Crippen molar-refractivity contribution < 1.29 is 0 Å². The van der Waals surface area contributed by atoms with Gasteiger partial charge in [0, 0.05) is 26.9 Å². The van der Waals surface area contributed by atoms with Gasteiger partial charge in [0.05, 0.1) is 0 Å². The Hall–Kier alpha value is -0.763. The van der Waals surface area contributed by atoms with Crippen molar-refractivity contribution in [2.75, 3.05) is 18.0 Å². The molecule has 1 aromatic rings. The Morgan fingerprint density at radius 2 is 1.71 bits per heavy atom. The first kappa shape index (κ1) is 14.3. The van der Waals surface area contributed by atoms with Crippen molar-refractivity contribution in [3.8, 4) is 0 Å². The monoisotopic (exact) mass is 249 g/mol. The molecule has 0 radical (unpaired) electrons. The number of nitrogens with zero attached hydrogens (tertiary/aromatic N) is 1. The van der Waals surface area contributed by atoms with Gasteiger partial charge in [0.1, 0.15) is 0 Å². The number of benzene rings is 1. The summed E-state index contributed by atoms with van der Waals surface area (Å²) in [5.41, 5.74) is 1.36. The summed E-state index contributed by atoms with van der Waals surface area (Å²) in [6.45, 7) is 14.3. The molecule has 96 valence electrons. The molecule has 0 aromatic heterocycles. The minimum Gasteiger partial charge on any atom is -0.372 e. The third-order valence-corrected chi connectivity index (χ3v) is 4.92. The molecule has 1 atom stereocenters. The third kappa shape index (κ3) is 5.40. The fourth-order valence-corrected chi connectivity index (χ4v) is 4.76. The van der Waals surface area contributed by atoms with Gasteiger partial charge in [-0.15, -0.1) is 0 Å². The van der Waals surface area contributed by atoms with Gasteiger partial charge in [-0.05, 0) is 25.0 Å². The van der Waals surface area contributed by atoms with E-state index in [0.29, 0.717) is 0 Å². The minimum atomic E-state index is -0.927. The first-order valence-corrected chi connectivity index (χ1v) is 10.4. The summed E-state index contributed by atoms with van der Waals surface area (Å²) in [7, 11) is -0.927. The molecule has 0 saturated carbocycles. The molecule has 0 aliphatic rings. The van der Waals surface area contributed by atoms with E-state index in [1.54, 1.807) is 0 Å². The molecular weight excluding hydrogens is 222 g/mol. The van der Waals surface area contributed by atoms with Crippen molar-refractivity contribution in [1.82, 2.24) is 0 Å². The zero-order chi connectivity index (χ0) is 12.9. The summed E-state index contributed by atoms with van der Waals surface area (Å²) < 4.78 is 0. The van der Waals surface area contributed by atoms with Gasteiger partial charge < -0.3 is 4.90 Å². The molecule has 0 aliphatic heterocycles. The van der Waals surface area contributed by atoms with Gasteiger partial charge in [-0.2, -0.15) is 0 Å². The van der Waals surface area contributed by atoms with Crippen LogP contribution in [-0.4, -0.2) is 21.2 Å². The minimum absolute atomic E-state index is 0.793. The zero-order valence-corrected chi connectivity index (χ0v) is 13.0. The second-order valence-electron chi connectivity index (χ2n) is 6.24. The van der Waals surface area contributed by atoms with E-state index in [-0.39, 0.29) is 0 Å². The van der Waals surface area contributed by atoms with Crippen molar-refractivity contribution >= 4 is 13.8 Å². The average molecular weight is 249 g/mol. The molecule has 0 saturated heterocycles. The highest BCUT2D eigenvalue weighted by Crippen LogP contribution is 2.20. The lowest BCUT2D eigenvalue weighted by molar-refractivity contribution is 0.610. The van der Waals surface area contributed by atoms with Gasteiger partial charge in [-0.3, -0.25) is 0 Å². The normalized spacial score (nSPS) is 13.5. The number of para-hydroxylation sites is 1. The molecule has 0 fully saturated rings. The predicted molar refractivity (Wildman–Crippen MR) is 81.6 cm³/mol. The molecular formula is C15H27NSi. The fraction of sp³-hybridized carbons (Fsp3) is 0.600. The number of hydrogen-bond donors (Lipinski definition) is 0. The quantitative estimate of drug-likeness (QED) is 0.672. The maximum Gasteiger partial charge on any atom is 0.0445 e. The second-order valence-corrected chi connectivity index (χ2v) is 11.8. The van der Waals surface area contributed by atoms with Crippen LogP contribution in [0.2, 0.25) is 25.7 Å². The van der Waals surface area contributed by atoms with Crippen molar-refractivity contribution in [2.24, 2.45) is 5.92 Å². The summed E-state index contributed by atoms with van der Waals surface area (Å²) in [6.07, 6.45) is 0. The lowest BCUT2D eigenvalue weighted by Crippen LogP contribution is -2.32. The average Bonchev–Trinajstić information content (AvgIpc) is 2.24. The summed E-state index contributed by atoms with van der Waals surface area (Å²) in [5.74, 6) is 0.793. The van der Waals surface area contributed by atoms with Gasteiger partial charge in [0.25, 0.3) is 0 Å². The van der Waals surface area contributed by atoms with Gasteiger partial charge in [0.15, 0.2) is 0 Å². The molecule has 0 N–H and O–H groups in total. The number of rotatable bonds is 6. The van der Waals surface area contributed by atoms with E-state index >= 15 is 0 Å². The molecule has 0 heterocycles. The van der Waals surface area contributed by atoms with Gasteiger partial charge in [-0.1, -0.05) is 50.8 Å². The molecule has 2 heteroatoms. The number of anilines is 1. The largest absolute Gasteiger partial charge is 0.372 e. The van der Waals surface area contributed by atoms with E-state index in [9.17, 15) is 0 Å². The Morgan fingerprint density at radius 1 is 1.12 bits per heavy atom. The summed E-state index contributed by atoms with van der Waals surface area (Å²) in [4.78, 5) is 2.49. The lowest BCUT2D eigenvalue weighted by atomic mass is 10.2. The highest BCUT2D eigenvalue weighted by atomic mass is 28.3. The second kappa shape index (κ2) is 6.25. The summed E-state index contributed by atoms with van der Waals surface area (Å²) in [5, 5.41) is 0. The zero-order valence-electron chi connectivity index (χ0n) is 12.0. The maximum absolute atomic E-state index is 2.49. The molecule has 1 unspecified atom stereocenters. The maximum atomic E-state index is 2.49. The van der Waals surface area contributed by atoms with E-state index in [2.05, 4.69) is 68.7 Å². The molecule has 0 amide bonds. The molecule has 1 nitrogen and oxygen atoms in total. The Labute approximate surface area is 108 Å². The van der Waals surface area contributed by atoms with Crippen LogP contribution in [0, 0.1) is 5.92 Å². The van der Waals surface area contributed by atoms with Crippen LogP contribution >= 0.6 is 0 Å². The van der Waals surface area contributed by atoms with E-state index in [4.69, 9.17) is 0 Å². The lowest BCUT2D eigenvalue weighted by Gasteiger charge is -2.29. The smallest absolute Gasteiger partial charge is 0.0445 e. The Kier molecular flexibility index (Phi) is 5.25. The number of hydrogen-bond acceptors (Lipinski definition) is 1. The van der Waals surface area contributed by atoms with Gasteiger partial charge in [0.2, 0.25) is 0 Å². The summed E-state index contributed by atoms with van der Waals surface area (Å²) >= 11 is 0. The summed E-state index contributed by atoms with van der Waals surface area (Å²) in [6, 6.07) is 12.2. The van der Waals surface area contributed by atoms with Crippen LogP contribution in [-0.2, 0) is 0 Å². The molecule has 0 spiro atoms. The first-order valence-electron chi connectivity index (χ1n) is 6.72. The van der Waals surface area contributed by atoms with Crippen molar-refractivity contribution in [3.63, 3.8) is 0 Å². The van der Waals surface area contributed by atoms with Crippen molar-refractivity contribution in [1.29, 1.82) is 0 Å². The van der Waals surface area contributed by atoms with E-state index in [1.807, 2.05) is 0 Å². The Balaban J connectivity index is 2.59. The fourth-order valence-electron chi connectivity index (χ4n) is 2.54. The van der Waals surface area contributed by atoms with Crippen LogP contribution in [0.15, 0.2) is 30.3 Å². The Morgan fingerprint density at radius 3 is 2.18 bits per heavy atom. The van der Waals surface area contributed by atoms with Crippen LogP contribution < -0.4 is 4.90 Å². The van der Waals surface area contributed by atoms with Crippen LogP contribution in [0.3, 0.4) is 0 Å². The molecule has 0 aliphatic carbocycles. The van der Waals surface area contributed by atoms with Crippen molar-refractivity contribution in [3.05, 3.63) is 30.3 Å². The topological polar surface area (TPSA) is 3.24 Å². The Bertz CT molecular complexity index is 315. The standard InChI is InChI=1S/C15H27NSi/c1-6-16(15-10-8-7-9-11-15)12-14(2)13-17(3,4)5/h7-11,14H,6,12-13H2,1-5H3. The van der Waals surface area contributed by atoms with Gasteiger partial charge in [-0.25, -0.2) is 0 Å². The van der Waals surface area contributed by atoms with Crippen LogP contribution in [0.25, 0.3) is 0 Å². The molecule has 1 rings (SSSR count). The van der Waals surface area contributed by atoms with E-state index in [1.165, 1.54) is 18.3 Å². The van der Waals surface area contributed by atoms with Crippen molar-refractivity contribution in [2.45, 2.75) is 39.5 Å². The SMILES string of the molecule is CCN(CC(C)C[Si](C)(C)C)c1ccccc1. The predicted octanol–water partition coefficient (Wildman–Crippen LogP) is 4.49. The molecule has 1 aromatic carbocycles. The van der Waals surface area contributed by atoms with Crippen LogP contribution in [0.5, 0.6) is 0 Å². The first-order chi connectivity index (χ1) is 7.92. The van der Waals surface area contributed by atoms with Gasteiger partial charge >= 0.3 is 0 Å². The van der Waals surface area contributed by atoms with E-state index in [0.717, 1.165) is 12.5 Å². The molecule has 0 bridgehead atoms. The highest BCUT2D eigenvalue weighted by molar-refractivity contribution is 6.76. The van der Waals surface area contributed by atoms with Crippen LogP contribution in [0.4, 0.5) is 5.69 Å². The molecule has 17 heavy (non-hydrogen) atoms.